The van der Waals surface area contributed by atoms with Crippen LogP contribution in [0.2, 0.25) is 0 Å². The molecule has 0 amide bonds. The van der Waals surface area contributed by atoms with Crippen LogP contribution in [0.1, 0.15) is 52.4 Å². The predicted octanol–water partition coefficient (Wildman–Crippen LogP) is 5.78. The van der Waals surface area contributed by atoms with Gasteiger partial charge in [0.2, 0.25) is 0 Å². The summed E-state index contributed by atoms with van der Waals surface area (Å²) in [5.74, 6) is -0.173. The maximum atomic E-state index is 13.6. The molecule has 0 aromatic heterocycles. The molecule has 0 atom stereocenters. The van der Waals surface area contributed by atoms with Crippen LogP contribution in [0.3, 0.4) is 0 Å². The number of hydrogen-bond donors (Lipinski definition) is 0. The monoisotopic (exact) mass is 329 g/mol. The molecule has 0 heterocycles. The Labute approximate surface area is 125 Å². The van der Waals surface area contributed by atoms with E-state index in [4.69, 9.17) is 0 Å². The maximum absolute atomic E-state index is 13.6. The molecule has 0 fully saturated rings. The third kappa shape index (κ3) is 5.94. The van der Waals surface area contributed by atoms with Crippen molar-refractivity contribution in [2.75, 3.05) is 18.0 Å². The van der Waals surface area contributed by atoms with E-state index in [2.05, 4.69) is 34.7 Å². The van der Waals surface area contributed by atoms with Crippen LogP contribution in [0.5, 0.6) is 0 Å². The van der Waals surface area contributed by atoms with E-state index < -0.39 is 0 Å². The largest absolute Gasteiger partial charge is 0.371 e. The topological polar surface area (TPSA) is 3.24 Å². The Morgan fingerprint density at radius 2 is 1.58 bits per heavy atom. The molecule has 1 aromatic rings. The minimum atomic E-state index is -0.173. The maximum Gasteiger partial charge on any atom is 0.139 e. The predicted molar refractivity (Wildman–Crippen MR) is 85.4 cm³/mol. The first kappa shape index (κ1) is 16.5. The summed E-state index contributed by atoms with van der Waals surface area (Å²) in [5, 5.41) is 0. The second-order valence-electron chi connectivity index (χ2n) is 5.00. The first-order valence-corrected chi connectivity index (χ1v) is 8.18. The van der Waals surface area contributed by atoms with Crippen LogP contribution >= 0.6 is 15.9 Å². The van der Waals surface area contributed by atoms with Crippen molar-refractivity contribution >= 4 is 21.6 Å². The third-order valence-corrected chi connectivity index (χ3v) is 3.97. The lowest BCUT2D eigenvalue weighted by molar-refractivity contribution is 0.612. The van der Waals surface area contributed by atoms with E-state index in [0.29, 0.717) is 4.47 Å². The van der Waals surface area contributed by atoms with Crippen LogP contribution < -0.4 is 4.90 Å². The zero-order valence-electron chi connectivity index (χ0n) is 12.1. The second kappa shape index (κ2) is 9.35. The fourth-order valence-corrected chi connectivity index (χ4v) is 2.40. The van der Waals surface area contributed by atoms with Gasteiger partial charge in [0.15, 0.2) is 0 Å². The number of nitrogens with zero attached hydrogens (tertiary/aromatic N) is 1. The van der Waals surface area contributed by atoms with Gasteiger partial charge in [-0.3, -0.25) is 0 Å². The molecule has 108 valence electrons. The van der Waals surface area contributed by atoms with Gasteiger partial charge in [-0.05, 0) is 47.0 Å². The Hall–Kier alpha value is -0.570. The summed E-state index contributed by atoms with van der Waals surface area (Å²) < 4.78 is 14.2. The molecule has 0 spiro atoms. The number of unbranched alkanes of at least 4 members (excludes halogenated alkanes) is 4. The van der Waals surface area contributed by atoms with Gasteiger partial charge in [0.25, 0.3) is 0 Å². The molecule has 0 unspecified atom stereocenters. The summed E-state index contributed by atoms with van der Waals surface area (Å²) >= 11 is 3.21. The highest BCUT2D eigenvalue weighted by Gasteiger charge is 2.08. The first-order chi connectivity index (χ1) is 9.19. The molecule has 0 saturated heterocycles. The Balaban J connectivity index is 2.66. The van der Waals surface area contributed by atoms with Crippen molar-refractivity contribution in [1.29, 1.82) is 0 Å². The Kier molecular flexibility index (Phi) is 8.11. The number of halogens is 2. The van der Waals surface area contributed by atoms with E-state index in [0.717, 1.165) is 18.8 Å². The molecule has 0 aliphatic rings. The van der Waals surface area contributed by atoms with E-state index in [-0.39, 0.29) is 5.82 Å². The molecule has 0 N–H and O–H groups in total. The zero-order chi connectivity index (χ0) is 14.1. The Morgan fingerprint density at radius 1 is 1.00 bits per heavy atom. The van der Waals surface area contributed by atoms with Crippen molar-refractivity contribution in [2.24, 2.45) is 0 Å². The van der Waals surface area contributed by atoms with E-state index in [1.807, 2.05) is 6.07 Å². The van der Waals surface area contributed by atoms with E-state index >= 15 is 0 Å². The van der Waals surface area contributed by atoms with Crippen LogP contribution in [-0.2, 0) is 0 Å². The second-order valence-corrected chi connectivity index (χ2v) is 5.85. The highest BCUT2D eigenvalue weighted by Crippen LogP contribution is 2.23. The minimum Gasteiger partial charge on any atom is -0.371 e. The molecular weight excluding hydrogens is 305 g/mol. The van der Waals surface area contributed by atoms with E-state index in [1.165, 1.54) is 38.5 Å². The van der Waals surface area contributed by atoms with Crippen LogP contribution in [0, 0.1) is 5.82 Å². The summed E-state index contributed by atoms with van der Waals surface area (Å²) in [7, 11) is 0. The zero-order valence-corrected chi connectivity index (χ0v) is 13.7. The van der Waals surface area contributed by atoms with Gasteiger partial charge in [-0.25, -0.2) is 4.39 Å². The van der Waals surface area contributed by atoms with E-state index in [9.17, 15) is 4.39 Å². The van der Waals surface area contributed by atoms with Crippen LogP contribution in [0.15, 0.2) is 22.7 Å². The molecule has 0 aliphatic carbocycles. The summed E-state index contributed by atoms with van der Waals surface area (Å²) in [6.07, 6.45) is 7.28. The fourth-order valence-electron chi connectivity index (χ4n) is 2.16. The van der Waals surface area contributed by atoms with Gasteiger partial charge in [0.1, 0.15) is 5.82 Å². The molecule has 0 bridgehead atoms. The molecule has 3 heteroatoms. The average molecular weight is 330 g/mol. The molecular formula is C16H25BrFN. The number of hydrogen-bond acceptors (Lipinski definition) is 1. The quantitative estimate of drug-likeness (QED) is 0.519. The number of rotatable bonds is 9. The summed E-state index contributed by atoms with van der Waals surface area (Å²) in [5.41, 5.74) is 1.01. The van der Waals surface area contributed by atoms with Crippen LogP contribution in [0.25, 0.3) is 0 Å². The molecule has 1 nitrogen and oxygen atoms in total. The normalized spacial score (nSPS) is 10.7. The van der Waals surface area contributed by atoms with Gasteiger partial charge >= 0.3 is 0 Å². The molecule has 1 aromatic carbocycles. The van der Waals surface area contributed by atoms with Gasteiger partial charge in [0.05, 0.1) is 4.47 Å². The van der Waals surface area contributed by atoms with Crippen LogP contribution in [-0.4, -0.2) is 13.1 Å². The van der Waals surface area contributed by atoms with Crippen molar-refractivity contribution in [3.63, 3.8) is 0 Å². The average Bonchev–Trinajstić information content (AvgIpc) is 2.41. The van der Waals surface area contributed by atoms with Crippen molar-refractivity contribution in [3.8, 4) is 0 Å². The van der Waals surface area contributed by atoms with Crippen molar-refractivity contribution in [1.82, 2.24) is 0 Å². The fraction of sp³-hybridized carbons (Fsp3) is 0.625. The van der Waals surface area contributed by atoms with Crippen molar-refractivity contribution in [2.45, 2.75) is 52.4 Å². The summed E-state index contributed by atoms with van der Waals surface area (Å²) in [6, 6.07) is 5.45. The van der Waals surface area contributed by atoms with Crippen LogP contribution in [0.4, 0.5) is 10.1 Å². The standard InChI is InChI=1S/C16H25BrFN/c1-3-5-7-11-19(12-8-6-4-2)14-9-10-15(17)16(18)13-14/h9-10,13H,3-8,11-12H2,1-2H3. The van der Waals surface area contributed by atoms with Gasteiger partial charge in [-0.15, -0.1) is 0 Å². The van der Waals surface area contributed by atoms with Crippen molar-refractivity contribution in [3.05, 3.63) is 28.5 Å². The summed E-state index contributed by atoms with van der Waals surface area (Å²) in [4.78, 5) is 2.32. The molecule has 19 heavy (non-hydrogen) atoms. The SMILES string of the molecule is CCCCCN(CCCCC)c1ccc(Br)c(F)c1. The molecule has 0 saturated carbocycles. The highest BCUT2D eigenvalue weighted by molar-refractivity contribution is 9.10. The van der Waals surface area contributed by atoms with Gasteiger partial charge in [0, 0.05) is 18.8 Å². The minimum absolute atomic E-state index is 0.173. The van der Waals surface area contributed by atoms with Gasteiger partial charge in [-0.2, -0.15) is 0 Å². The summed E-state index contributed by atoms with van der Waals surface area (Å²) in [6.45, 7) is 6.47. The first-order valence-electron chi connectivity index (χ1n) is 7.39. The van der Waals surface area contributed by atoms with Gasteiger partial charge in [-0.1, -0.05) is 39.5 Å². The number of anilines is 1. The molecule has 0 radical (unpaired) electrons. The van der Waals surface area contributed by atoms with Crippen molar-refractivity contribution < 1.29 is 4.39 Å². The molecule has 0 aliphatic heterocycles. The lowest BCUT2D eigenvalue weighted by atomic mass is 10.2. The number of benzene rings is 1. The van der Waals surface area contributed by atoms with E-state index in [1.54, 1.807) is 12.1 Å². The lowest BCUT2D eigenvalue weighted by Gasteiger charge is -2.25. The Morgan fingerprint density at radius 3 is 2.05 bits per heavy atom. The Bertz CT molecular complexity index is 358. The smallest absolute Gasteiger partial charge is 0.139 e. The van der Waals surface area contributed by atoms with Gasteiger partial charge < -0.3 is 4.90 Å². The third-order valence-electron chi connectivity index (χ3n) is 3.33. The lowest BCUT2D eigenvalue weighted by Crippen LogP contribution is -2.25. The molecule has 1 rings (SSSR count). The highest BCUT2D eigenvalue weighted by atomic mass is 79.9.